The molecule has 0 saturated heterocycles. The second kappa shape index (κ2) is 7.35. The summed E-state index contributed by atoms with van der Waals surface area (Å²) in [4.78, 5) is 21.5. The number of hydrogen-bond donors (Lipinski definition) is 1. The Bertz CT molecular complexity index is 189. The van der Waals surface area contributed by atoms with Crippen molar-refractivity contribution in [3.8, 4) is 0 Å². The zero-order chi connectivity index (χ0) is 11.0. The van der Waals surface area contributed by atoms with E-state index in [1.54, 1.807) is 0 Å². The highest BCUT2D eigenvalue weighted by Crippen LogP contribution is 2.15. The van der Waals surface area contributed by atoms with Crippen LogP contribution in [-0.2, 0) is 14.3 Å². The Morgan fingerprint density at radius 2 is 2.00 bits per heavy atom. The minimum absolute atomic E-state index is 0.273. The third kappa shape index (κ3) is 5.56. The largest absolute Gasteiger partial charge is 0.481 e. The van der Waals surface area contributed by atoms with Gasteiger partial charge in [0, 0.05) is 6.42 Å². The van der Waals surface area contributed by atoms with Crippen LogP contribution in [0.4, 0.5) is 0 Å². The van der Waals surface area contributed by atoms with Crippen LogP contribution in [0.1, 0.15) is 39.0 Å². The molecule has 0 bridgehead atoms. The van der Waals surface area contributed by atoms with Crippen molar-refractivity contribution in [3.05, 3.63) is 0 Å². The maximum Gasteiger partial charge on any atom is 0.306 e. The number of carboxylic acids is 1. The molecule has 0 spiro atoms. The van der Waals surface area contributed by atoms with Gasteiger partial charge in [-0.1, -0.05) is 13.3 Å². The average molecular weight is 202 g/mol. The molecule has 0 aromatic rings. The topological polar surface area (TPSA) is 63.6 Å². The molecule has 0 fully saturated rings. The van der Waals surface area contributed by atoms with Gasteiger partial charge in [0.2, 0.25) is 0 Å². The lowest BCUT2D eigenvalue weighted by Crippen LogP contribution is -2.14. The summed E-state index contributed by atoms with van der Waals surface area (Å²) in [5.41, 5.74) is 0. The molecule has 82 valence electrons. The molecular weight excluding hydrogens is 184 g/mol. The average Bonchev–Trinajstić information content (AvgIpc) is 2.16. The van der Waals surface area contributed by atoms with E-state index in [0.29, 0.717) is 25.7 Å². The van der Waals surface area contributed by atoms with Crippen LogP contribution in [-0.4, -0.2) is 24.2 Å². The molecule has 0 rings (SSSR count). The molecule has 0 aromatic heterocycles. The summed E-state index contributed by atoms with van der Waals surface area (Å²) in [5, 5.41) is 8.81. The maximum atomic E-state index is 10.8. The Morgan fingerprint density at radius 1 is 1.36 bits per heavy atom. The molecule has 0 saturated carbocycles. The van der Waals surface area contributed by atoms with E-state index in [1.807, 2.05) is 6.92 Å². The van der Waals surface area contributed by atoms with E-state index in [0.717, 1.165) is 6.42 Å². The Kier molecular flexibility index (Phi) is 6.80. The monoisotopic (exact) mass is 202 g/mol. The van der Waals surface area contributed by atoms with Gasteiger partial charge in [-0.25, -0.2) is 0 Å². The summed E-state index contributed by atoms with van der Waals surface area (Å²) in [7, 11) is 1.34. The minimum atomic E-state index is -0.767. The predicted molar refractivity (Wildman–Crippen MR) is 51.9 cm³/mol. The predicted octanol–water partition coefficient (Wildman–Crippen LogP) is 1.83. The SMILES string of the molecule is CCCC(CCCC(=O)OC)C(=O)O. The van der Waals surface area contributed by atoms with E-state index in [1.165, 1.54) is 7.11 Å². The van der Waals surface area contributed by atoms with Crippen LogP contribution in [0.2, 0.25) is 0 Å². The summed E-state index contributed by atoms with van der Waals surface area (Å²) in [6.45, 7) is 1.95. The number of carbonyl (C=O) groups is 2. The van der Waals surface area contributed by atoms with Crippen molar-refractivity contribution in [3.63, 3.8) is 0 Å². The van der Waals surface area contributed by atoms with E-state index in [-0.39, 0.29) is 11.9 Å². The van der Waals surface area contributed by atoms with Gasteiger partial charge in [0.05, 0.1) is 13.0 Å². The number of ether oxygens (including phenoxy) is 1. The molecule has 0 radical (unpaired) electrons. The van der Waals surface area contributed by atoms with Gasteiger partial charge in [-0.2, -0.15) is 0 Å². The van der Waals surface area contributed by atoms with Crippen molar-refractivity contribution in [2.45, 2.75) is 39.0 Å². The quantitative estimate of drug-likeness (QED) is 0.640. The van der Waals surface area contributed by atoms with Crippen LogP contribution in [0, 0.1) is 5.92 Å². The molecule has 0 aliphatic rings. The van der Waals surface area contributed by atoms with Crippen molar-refractivity contribution in [2.75, 3.05) is 7.11 Å². The van der Waals surface area contributed by atoms with Crippen molar-refractivity contribution >= 4 is 11.9 Å². The number of hydrogen-bond acceptors (Lipinski definition) is 3. The Balaban J connectivity index is 3.71. The van der Waals surface area contributed by atoms with Crippen molar-refractivity contribution < 1.29 is 19.4 Å². The van der Waals surface area contributed by atoms with Crippen LogP contribution in [0.5, 0.6) is 0 Å². The highest BCUT2D eigenvalue weighted by atomic mass is 16.5. The second-order valence-electron chi connectivity index (χ2n) is 3.29. The lowest BCUT2D eigenvalue weighted by Gasteiger charge is -2.09. The van der Waals surface area contributed by atoms with Gasteiger partial charge < -0.3 is 9.84 Å². The first-order valence-electron chi connectivity index (χ1n) is 4.91. The summed E-state index contributed by atoms with van der Waals surface area (Å²) < 4.78 is 4.47. The standard InChI is InChI=1S/C10H18O4/c1-3-5-8(10(12)13)6-4-7-9(11)14-2/h8H,3-7H2,1-2H3,(H,12,13). The fraction of sp³-hybridized carbons (Fsp3) is 0.800. The zero-order valence-corrected chi connectivity index (χ0v) is 8.78. The number of methoxy groups -OCH3 is 1. The van der Waals surface area contributed by atoms with Gasteiger partial charge in [-0.3, -0.25) is 9.59 Å². The van der Waals surface area contributed by atoms with Crippen LogP contribution in [0.25, 0.3) is 0 Å². The molecule has 4 heteroatoms. The smallest absolute Gasteiger partial charge is 0.306 e. The van der Waals surface area contributed by atoms with Crippen molar-refractivity contribution in [2.24, 2.45) is 5.92 Å². The van der Waals surface area contributed by atoms with Crippen LogP contribution >= 0.6 is 0 Å². The molecule has 0 heterocycles. The molecule has 4 nitrogen and oxygen atoms in total. The van der Waals surface area contributed by atoms with Gasteiger partial charge in [0.1, 0.15) is 0 Å². The van der Waals surface area contributed by atoms with E-state index in [4.69, 9.17) is 5.11 Å². The lowest BCUT2D eigenvalue weighted by molar-refractivity contribution is -0.144. The first-order valence-corrected chi connectivity index (χ1v) is 4.91. The summed E-state index contributed by atoms with van der Waals surface area (Å²) in [6.07, 6.45) is 2.98. The third-order valence-corrected chi connectivity index (χ3v) is 2.15. The lowest BCUT2D eigenvalue weighted by atomic mass is 9.97. The maximum absolute atomic E-state index is 10.8. The third-order valence-electron chi connectivity index (χ3n) is 2.15. The zero-order valence-electron chi connectivity index (χ0n) is 8.78. The molecular formula is C10H18O4. The van der Waals surface area contributed by atoms with Crippen LogP contribution in [0.3, 0.4) is 0 Å². The normalized spacial score (nSPS) is 12.1. The molecule has 14 heavy (non-hydrogen) atoms. The molecule has 1 unspecified atom stereocenters. The Morgan fingerprint density at radius 3 is 2.43 bits per heavy atom. The number of carboxylic acid groups (broad SMARTS) is 1. The van der Waals surface area contributed by atoms with Gasteiger partial charge in [-0.15, -0.1) is 0 Å². The fourth-order valence-electron chi connectivity index (χ4n) is 1.33. The molecule has 1 atom stereocenters. The molecule has 0 amide bonds. The van der Waals surface area contributed by atoms with Crippen LogP contribution < -0.4 is 0 Å². The number of rotatable bonds is 7. The van der Waals surface area contributed by atoms with E-state index in [2.05, 4.69) is 4.74 Å². The fourth-order valence-corrected chi connectivity index (χ4v) is 1.33. The second-order valence-corrected chi connectivity index (χ2v) is 3.29. The number of carbonyl (C=O) groups excluding carboxylic acids is 1. The summed E-state index contributed by atoms with van der Waals surface area (Å²) in [6, 6.07) is 0. The van der Waals surface area contributed by atoms with Gasteiger partial charge >= 0.3 is 11.9 Å². The van der Waals surface area contributed by atoms with Crippen molar-refractivity contribution in [1.82, 2.24) is 0 Å². The van der Waals surface area contributed by atoms with E-state index < -0.39 is 5.97 Å². The van der Waals surface area contributed by atoms with Crippen LogP contribution in [0.15, 0.2) is 0 Å². The molecule has 0 aliphatic carbocycles. The minimum Gasteiger partial charge on any atom is -0.481 e. The van der Waals surface area contributed by atoms with E-state index in [9.17, 15) is 9.59 Å². The first kappa shape index (κ1) is 12.9. The molecule has 1 N–H and O–H groups in total. The van der Waals surface area contributed by atoms with Gasteiger partial charge in [0.15, 0.2) is 0 Å². The number of esters is 1. The van der Waals surface area contributed by atoms with Gasteiger partial charge in [0.25, 0.3) is 0 Å². The first-order chi connectivity index (χ1) is 6.61. The van der Waals surface area contributed by atoms with Gasteiger partial charge in [-0.05, 0) is 19.3 Å². The van der Waals surface area contributed by atoms with Crippen molar-refractivity contribution in [1.29, 1.82) is 0 Å². The van der Waals surface area contributed by atoms with E-state index >= 15 is 0 Å². The number of aliphatic carboxylic acids is 1. The molecule has 0 aliphatic heterocycles. The summed E-state index contributed by atoms with van der Waals surface area (Å²) in [5.74, 6) is -1.35. The highest BCUT2D eigenvalue weighted by Gasteiger charge is 2.16. The summed E-state index contributed by atoms with van der Waals surface area (Å²) >= 11 is 0. The Hall–Kier alpha value is -1.06. The molecule has 0 aromatic carbocycles. The Labute approximate surface area is 84.3 Å². The highest BCUT2D eigenvalue weighted by molar-refractivity contribution is 5.70.